The number of methoxy groups -OCH3 is 1. The van der Waals surface area contributed by atoms with Gasteiger partial charge in [-0.1, -0.05) is 6.42 Å². The summed E-state index contributed by atoms with van der Waals surface area (Å²) >= 11 is 0. The summed E-state index contributed by atoms with van der Waals surface area (Å²) in [5.41, 5.74) is 0.289. The van der Waals surface area contributed by atoms with Crippen molar-refractivity contribution in [1.82, 2.24) is 10.3 Å². The molecule has 0 aliphatic carbocycles. The highest BCUT2D eigenvalue weighted by atomic mass is 16.5. The number of nitrogens with zero attached hydrogens (tertiary/aromatic N) is 1. The zero-order valence-corrected chi connectivity index (χ0v) is 8.66. The number of piperidine rings is 1. The summed E-state index contributed by atoms with van der Waals surface area (Å²) in [5, 5.41) is 3.30. The third kappa shape index (κ3) is 2.02. The van der Waals surface area contributed by atoms with Crippen molar-refractivity contribution in [1.29, 1.82) is 0 Å². The lowest BCUT2D eigenvalue weighted by atomic mass is 10.0. The predicted molar refractivity (Wildman–Crippen MR) is 52.4 cm³/mol. The van der Waals surface area contributed by atoms with Gasteiger partial charge in [-0.2, -0.15) is 0 Å². The van der Waals surface area contributed by atoms with Crippen LogP contribution in [0.3, 0.4) is 0 Å². The van der Waals surface area contributed by atoms with Gasteiger partial charge in [0.2, 0.25) is 0 Å². The molecular formula is C10H14N2O3. The zero-order chi connectivity index (χ0) is 10.7. The molecule has 1 fully saturated rings. The van der Waals surface area contributed by atoms with Crippen LogP contribution in [0.1, 0.15) is 41.6 Å². The van der Waals surface area contributed by atoms with Crippen molar-refractivity contribution in [2.75, 3.05) is 13.7 Å². The number of hydrogen-bond acceptors (Lipinski definition) is 5. The molecule has 1 aromatic heterocycles. The molecule has 0 radical (unpaired) electrons. The van der Waals surface area contributed by atoms with E-state index in [1.165, 1.54) is 13.5 Å². The average Bonchev–Trinajstić information content (AvgIpc) is 2.78. The number of hydrogen-bond donors (Lipinski definition) is 1. The molecular weight excluding hydrogens is 196 g/mol. The first-order valence-electron chi connectivity index (χ1n) is 5.08. The Bertz CT molecular complexity index is 342. The number of ether oxygens (including phenoxy) is 1. The quantitative estimate of drug-likeness (QED) is 0.745. The van der Waals surface area contributed by atoms with Gasteiger partial charge in [0.25, 0.3) is 0 Å². The Morgan fingerprint density at radius 2 is 2.53 bits per heavy atom. The highest BCUT2D eigenvalue weighted by Gasteiger charge is 2.25. The van der Waals surface area contributed by atoms with Gasteiger partial charge in [-0.15, -0.1) is 0 Å². The van der Waals surface area contributed by atoms with Crippen LogP contribution in [-0.2, 0) is 4.74 Å². The van der Waals surface area contributed by atoms with Crippen LogP contribution in [0.4, 0.5) is 0 Å². The molecule has 5 nitrogen and oxygen atoms in total. The average molecular weight is 210 g/mol. The van der Waals surface area contributed by atoms with Crippen molar-refractivity contribution in [2.24, 2.45) is 0 Å². The summed E-state index contributed by atoms with van der Waals surface area (Å²) in [6.45, 7) is 0.950. The molecule has 0 bridgehead atoms. The number of rotatable bonds is 2. The van der Waals surface area contributed by atoms with E-state index >= 15 is 0 Å². The molecule has 1 aromatic rings. The molecule has 0 spiro atoms. The molecule has 0 aromatic carbocycles. The van der Waals surface area contributed by atoms with Crippen molar-refractivity contribution in [3.8, 4) is 0 Å². The maximum atomic E-state index is 11.4. The van der Waals surface area contributed by atoms with Crippen LogP contribution in [0.2, 0.25) is 0 Å². The molecule has 0 saturated carbocycles. The maximum Gasteiger partial charge on any atom is 0.360 e. The molecule has 1 aliphatic heterocycles. The topological polar surface area (TPSA) is 64.4 Å². The first-order chi connectivity index (χ1) is 7.33. The first kappa shape index (κ1) is 10.2. The summed E-state index contributed by atoms with van der Waals surface area (Å²) in [7, 11) is 1.34. The largest absolute Gasteiger partial charge is 0.464 e. The Balaban J connectivity index is 2.19. The minimum absolute atomic E-state index is 0.0929. The Morgan fingerprint density at radius 3 is 3.20 bits per heavy atom. The van der Waals surface area contributed by atoms with Gasteiger partial charge in [-0.3, -0.25) is 0 Å². The standard InChI is InChI=1S/C10H14N2O3/c1-14-10(13)8-9(15-6-12-8)7-4-2-3-5-11-7/h6-7,11H,2-5H2,1H3. The van der Waals surface area contributed by atoms with E-state index in [9.17, 15) is 4.79 Å². The Labute approximate surface area is 87.8 Å². The third-order valence-corrected chi connectivity index (χ3v) is 2.60. The normalized spacial score (nSPS) is 21.3. The number of nitrogens with one attached hydrogen (secondary N) is 1. The summed E-state index contributed by atoms with van der Waals surface area (Å²) in [5.74, 6) is 0.160. The number of carbonyl (C=O) groups excluding carboxylic acids is 1. The van der Waals surface area contributed by atoms with Gasteiger partial charge >= 0.3 is 5.97 Å². The minimum atomic E-state index is -0.439. The van der Waals surface area contributed by atoms with Crippen molar-refractivity contribution in [3.05, 3.63) is 17.8 Å². The highest BCUT2D eigenvalue weighted by molar-refractivity contribution is 5.88. The number of oxazole rings is 1. The van der Waals surface area contributed by atoms with Gasteiger partial charge in [0, 0.05) is 0 Å². The molecule has 1 atom stereocenters. The molecule has 82 valence electrons. The minimum Gasteiger partial charge on any atom is -0.464 e. The van der Waals surface area contributed by atoms with E-state index in [1.54, 1.807) is 0 Å². The van der Waals surface area contributed by atoms with Crippen molar-refractivity contribution < 1.29 is 13.9 Å². The fourth-order valence-corrected chi connectivity index (χ4v) is 1.83. The van der Waals surface area contributed by atoms with E-state index in [2.05, 4.69) is 15.0 Å². The fourth-order valence-electron chi connectivity index (χ4n) is 1.83. The number of esters is 1. The summed E-state index contributed by atoms with van der Waals surface area (Å²) < 4.78 is 9.89. The first-order valence-corrected chi connectivity index (χ1v) is 5.08. The second-order valence-electron chi connectivity index (χ2n) is 3.56. The van der Waals surface area contributed by atoms with Crippen LogP contribution in [0.15, 0.2) is 10.8 Å². The van der Waals surface area contributed by atoms with Gasteiger partial charge < -0.3 is 14.5 Å². The monoisotopic (exact) mass is 210 g/mol. The fraction of sp³-hybridized carbons (Fsp3) is 0.600. The number of carbonyl (C=O) groups is 1. The van der Waals surface area contributed by atoms with Crippen LogP contribution in [-0.4, -0.2) is 24.6 Å². The predicted octanol–water partition coefficient (Wildman–Crippen LogP) is 1.28. The maximum absolute atomic E-state index is 11.4. The second kappa shape index (κ2) is 4.44. The summed E-state index contributed by atoms with van der Waals surface area (Å²) in [6, 6.07) is 0.0929. The SMILES string of the molecule is COC(=O)c1ncoc1C1CCCCN1. The van der Waals surface area contributed by atoms with E-state index in [0.717, 1.165) is 25.8 Å². The van der Waals surface area contributed by atoms with Crippen LogP contribution in [0.5, 0.6) is 0 Å². The van der Waals surface area contributed by atoms with E-state index in [-0.39, 0.29) is 11.7 Å². The molecule has 1 N–H and O–H groups in total. The third-order valence-electron chi connectivity index (χ3n) is 2.60. The van der Waals surface area contributed by atoms with Gasteiger partial charge in [0.05, 0.1) is 13.2 Å². The van der Waals surface area contributed by atoms with Crippen molar-refractivity contribution >= 4 is 5.97 Å². The lowest BCUT2D eigenvalue weighted by Gasteiger charge is -2.21. The molecule has 2 heterocycles. The van der Waals surface area contributed by atoms with Crippen molar-refractivity contribution in [2.45, 2.75) is 25.3 Å². The van der Waals surface area contributed by atoms with E-state index in [4.69, 9.17) is 4.42 Å². The van der Waals surface area contributed by atoms with Crippen LogP contribution in [0.25, 0.3) is 0 Å². The molecule has 1 unspecified atom stereocenters. The summed E-state index contributed by atoms with van der Waals surface area (Å²) in [4.78, 5) is 15.2. The highest BCUT2D eigenvalue weighted by Crippen LogP contribution is 2.25. The van der Waals surface area contributed by atoms with Crippen molar-refractivity contribution in [3.63, 3.8) is 0 Å². The smallest absolute Gasteiger partial charge is 0.360 e. The number of aromatic nitrogens is 1. The Morgan fingerprint density at radius 1 is 1.67 bits per heavy atom. The zero-order valence-electron chi connectivity index (χ0n) is 8.66. The lowest BCUT2D eigenvalue weighted by Crippen LogP contribution is -2.27. The van der Waals surface area contributed by atoms with Crippen LogP contribution >= 0.6 is 0 Å². The second-order valence-corrected chi connectivity index (χ2v) is 3.56. The Hall–Kier alpha value is -1.36. The summed E-state index contributed by atoms with van der Waals surface area (Å²) in [6.07, 6.45) is 4.56. The molecule has 1 aliphatic rings. The van der Waals surface area contributed by atoms with Gasteiger partial charge in [-0.05, 0) is 19.4 Å². The molecule has 5 heteroatoms. The lowest BCUT2D eigenvalue weighted by molar-refractivity contribution is 0.0590. The van der Waals surface area contributed by atoms with Gasteiger partial charge in [-0.25, -0.2) is 9.78 Å². The van der Waals surface area contributed by atoms with Crippen LogP contribution in [0, 0.1) is 0 Å². The van der Waals surface area contributed by atoms with Gasteiger partial charge in [0.15, 0.2) is 17.8 Å². The molecule has 1 saturated heterocycles. The van der Waals surface area contributed by atoms with Gasteiger partial charge in [0.1, 0.15) is 0 Å². The van der Waals surface area contributed by atoms with E-state index < -0.39 is 5.97 Å². The van der Waals surface area contributed by atoms with Crippen LogP contribution < -0.4 is 5.32 Å². The molecule has 2 rings (SSSR count). The van der Waals surface area contributed by atoms with E-state index in [0.29, 0.717) is 5.76 Å². The molecule has 0 amide bonds. The molecule has 15 heavy (non-hydrogen) atoms. The Kier molecular flexibility index (Phi) is 3.01. The van der Waals surface area contributed by atoms with E-state index in [1.807, 2.05) is 0 Å².